The number of hydrogen-bond acceptors (Lipinski definition) is 4. The van der Waals surface area contributed by atoms with Crippen molar-refractivity contribution in [2.24, 2.45) is 0 Å². The fourth-order valence-electron chi connectivity index (χ4n) is 2.59. The van der Waals surface area contributed by atoms with Crippen molar-refractivity contribution < 1.29 is 13.5 Å². The molecule has 0 aliphatic carbocycles. The van der Waals surface area contributed by atoms with Crippen molar-refractivity contribution in [3.05, 3.63) is 16.3 Å². The van der Waals surface area contributed by atoms with E-state index in [0.29, 0.717) is 16.3 Å². The van der Waals surface area contributed by atoms with E-state index in [4.69, 9.17) is 5.11 Å². The fraction of sp³-hybridized carbons (Fsp3) is 0.692. The lowest BCUT2D eigenvalue weighted by Crippen LogP contribution is -2.39. The van der Waals surface area contributed by atoms with Crippen LogP contribution in [-0.4, -0.2) is 30.4 Å². The molecule has 1 fully saturated rings. The summed E-state index contributed by atoms with van der Waals surface area (Å²) < 4.78 is 27.0. The maximum absolute atomic E-state index is 12.7. The van der Waals surface area contributed by atoms with Crippen molar-refractivity contribution in [2.45, 2.75) is 56.6 Å². The SMILES string of the molecule is CCC1CCCCCN1S(=O)(=O)c1csc(CO)c1. The van der Waals surface area contributed by atoms with Gasteiger partial charge in [0.1, 0.15) is 0 Å². The first-order valence-electron chi connectivity index (χ1n) is 6.79. The van der Waals surface area contributed by atoms with E-state index in [9.17, 15) is 8.42 Å². The van der Waals surface area contributed by atoms with Gasteiger partial charge < -0.3 is 5.11 Å². The van der Waals surface area contributed by atoms with Crippen LogP contribution >= 0.6 is 11.3 Å². The zero-order chi connectivity index (χ0) is 13.9. The van der Waals surface area contributed by atoms with Crippen LogP contribution in [0.1, 0.15) is 43.9 Å². The summed E-state index contributed by atoms with van der Waals surface area (Å²) in [6, 6.07) is 1.71. The third-order valence-electron chi connectivity index (χ3n) is 3.69. The molecule has 0 spiro atoms. The predicted molar refractivity (Wildman–Crippen MR) is 76.7 cm³/mol. The van der Waals surface area contributed by atoms with Crippen LogP contribution in [0.15, 0.2) is 16.3 Å². The van der Waals surface area contributed by atoms with E-state index in [1.54, 1.807) is 15.8 Å². The van der Waals surface area contributed by atoms with E-state index in [1.807, 2.05) is 6.92 Å². The Bertz CT molecular complexity index is 510. The fourth-order valence-corrected chi connectivity index (χ4v) is 5.48. The molecule has 4 nitrogen and oxygen atoms in total. The summed E-state index contributed by atoms with van der Waals surface area (Å²) in [4.78, 5) is 1.03. The van der Waals surface area contributed by atoms with E-state index in [0.717, 1.165) is 32.1 Å². The number of rotatable bonds is 4. The lowest BCUT2D eigenvalue weighted by Gasteiger charge is -2.27. The smallest absolute Gasteiger partial charge is 0.244 e. The zero-order valence-electron chi connectivity index (χ0n) is 11.2. The summed E-state index contributed by atoms with van der Waals surface area (Å²) in [5, 5.41) is 10.7. The molecule has 2 heterocycles. The van der Waals surface area contributed by atoms with E-state index >= 15 is 0 Å². The predicted octanol–water partition coefficient (Wildman–Crippen LogP) is 2.58. The molecule has 19 heavy (non-hydrogen) atoms. The molecule has 2 rings (SSSR count). The topological polar surface area (TPSA) is 57.6 Å². The van der Waals surface area contributed by atoms with Gasteiger partial charge in [0.15, 0.2) is 0 Å². The first-order chi connectivity index (χ1) is 9.09. The van der Waals surface area contributed by atoms with E-state index in [-0.39, 0.29) is 12.6 Å². The molecular weight excluding hydrogens is 282 g/mol. The van der Waals surface area contributed by atoms with Crippen LogP contribution in [0.2, 0.25) is 0 Å². The molecule has 0 saturated carbocycles. The third kappa shape index (κ3) is 3.18. The van der Waals surface area contributed by atoms with Crippen LogP contribution in [-0.2, 0) is 16.6 Å². The Balaban J connectivity index is 2.30. The molecule has 1 unspecified atom stereocenters. The largest absolute Gasteiger partial charge is 0.391 e. The average Bonchev–Trinajstić information content (AvgIpc) is 2.76. The van der Waals surface area contributed by atoms with Crippen molar-refractivity contribution in [3.63, 3.8) is 0 Å². The zero-order valence-corrected chi connectivity index (χ0v) is 12.8. The maximum Gasteiger partial charge on any atom is 0.244 e. The summed E-state index contributed by atoms with van der Waals surface area (Å²) in [6.07, 6.45) is 4.96. The first-order valence-corrected chi connectivity index (χ1v) is 9.11. The van der Waals surface area contributed by atoms with Gasteiger partial charge in [0, 0.05) is 22.8 Å². The van der Waals surface area contributed by atoms with Gasteiger partial charge in [0.2, 0.25) is 10.0 Å². The molecular formula is C13H21NO3S2. The van der Waals surface area contributed by atoms with Crippen molar-refractivity contribution in [3.8, 4) is 0 Å². The first kappa shape index (κ1) is 15.0. The second-order valence-corrected chi connectivity index (χ2v) is 7.82. The Morgan fingerprint density at radius 2 is 2.21 bits per heavy atom. The Hall–Kier alpha value is -0.430. The lowest BCUT2D eigenvalue weighted by atomic mass is 10.1. The van der Waals surface area contributed by atoms with Gasteiger partial charge in [0.05, 0.1) is 11.5 Å². The highest BCUT2D eigenvalue weighted by Gasteiger charge is 2.31. The van der Waals surface area contributed by atoms with Crippen molar-refractivity contribution in [2.75, 3.05) is 6.54 Å². The average molecular weight is 303 g/mol. The molecule has 1 N–H and O–H groups in total. The summed E-state index contributed by atoms with van der Waals surface area (Å²) in [7, 11) is -3.40. The Morgan fingerprint density at radius 3 is 2.84 bits per heavy atom. The molecule has 108 valence electrons. The number of aliphatic hydroxyl groups is 1. The van der Waals surface area contributed by atoms with Gasteiger partial charge in [-0.25, -0.2) is 8.42 Å². The second-order valence-electron chi connectivity index (χ2n) is 4.93. The minimum absolute atomic E-state index is 0.0998. The monoisotopic (exact) mass is 303 g/mol. The molecule has 1 aromatic heterocycles. The quantitative estimate of drug-likeness (QED) is 0.930. The highest BCUT2D eigenvalue weighted by molar-refractivity contribution is 7.89. The summed E-state index contributed by atoms with van der Waals surface area (Å²) in [5.41, 5.74) is 0. The molecule has 0 aromatic carbocycles. The molecule has 1 aliphatic heterocycles. The molecule has 1 saturated heterocycles. The number of sulfonamides is 1. The van der Waals surface area contributed by atoms with E-state index in [2.05, 4.69) is 0 Å². The van der Waals surface area contributed by atoms with Gasteiger partial charge in [-0.3, -0.25) is 0 Å². The number of aliphatic hydroxyl groups excluding tert-OH is 1. The summed E-state index contributed by atoms with van der Waals surface area (Å²) in [6.45, 7) is 2.56. The van der Waals surface area contributed by atoms with Crippen LogP contribution in [0.3, 0.4) is 0 Å². The van der Waals surface area contributed by atoms with Gasteiger partial charge in [-0.2, -0.15) is 4.31 Å². The van der Waals surface area contributed by atoms with Crippen LogP contribution in [0.4, 0.5) is 0 Å². The van der Waals surface area contributed by atoms with Gasteiger partial charge >= 0.3 is 0 Å². The molecule has 1 aromatic rings. The molecule has 1 atom stereocenters. The van der Waals surface area contributed by atoms with Gasteiger partial charge in [-0.15, -0.1) is 11.3 Å². The van der Waals surface area contributed by atoms with Crippen LogP contribution in [0.5, 0.6) is 0 Å². The third-order valence-corrected chi connectivity index (χ3v) is 6.69. The van der Waals surface area contributed by atoms with Gasteiger partial charge in [0.25, 0.3) is 0 Å². The van der Waals surface area contributed by atoms with Crippen molar-refractivity contribution in [1.82, 2.24) is 4.31 Å². The Labute approximate surface area is 119 Å². The van der Waals surface area contributed by atoms with Gasteiger partial charge in [-0.1, -0.05) is 19.8 Å². The van der Waals surface area contributed by atoms with Gasteiger partial charge in [-0.05, 0) is 25.3 Å². The minimum atomic E-state index is -3.40. The highest BCUT2D eigenvalue weighted by Crippen LogP contribution is 2.28. The maximum atomic E-state index is 12.7. The van der Waals surface area contributed by atoms with Crippen molar-refractivity contribution >= 4 is 21.4 Å². The summed E-state index contributed by atoms with van der Waals surface area (Å²) in [5.74, 6) is 0. The Kier molecular flexibility index (Phi) is 5.00. The molecule has 0 radical (unpaired) electrons. The number of nitrogens with zero attached hydrogens (tertiary/aromatic N) is 1. The van der Waals surface area contributed by atoms with E-state index < -0.39 is 10.0 Å². The second kappa shape index (κ2) is 6.35. The molecule has 6 heteroatoms. The van der Waals surface area contributed by atoms with Crippen molar-refractivity contribution in [1.29, 1.82) is 0 Å². The molecule has 0 amide bonds. The molecule has 0 bridgehead atoms. The van der Waals surface area contributed by atoms with Crippen LogP contribution in [0, 0.1) is 0 Å². The lowest BCUT2D eigenvalue weighted by molar-refractivity contribution is 0.285. The summed E-state index contributed by atoms with van der Waals surface area (Å²) >= 11 is 1.30. The normalized spacial score (nSPS) is 22.3. The van der Waals surface area contributed by atoms with Crippen LogP contribution < -0.4 is 0 Å². The Morgan fingerprint density at radius 1 is 1.42 bits per heavy atom. The standard InChI is InChI=1S/C13H21NO3S2/c1-2-11-6-4-3-5-7-14(11)19(16,17)13-8-12(9-15)18-10-13/h8,10-11,15H,2-7,9H2,1H3. The minimum Gasteiger partial charge on any atom is -0.391 e. The highest BCUT2D eigenvalue weighted by atomic mass is 32.2. The molecule has 1 aliphatic rings. The van der Waals surface area contributed by atoms with Crippen LogP contribution in [0.25, 0.3) is 0 Å². The number of thiophene rings is 1. The number of hydrogen-bond donors (Lipinski definition) is 1. The van der Waals surface area contributed by atoms with E-state index in [1.165, 1.54) is 11.3 Å².